The van der Waals surface area contributed by atoms with Gasteiger partial charge in [0.2, 0.25) is 0 Å². The first-order valence-corrected chi connectivity index (χ1v) is 9.44. The van der Waals surface area contributed by atoms with Gasteiger partial charge in [-0.1, -0.05) is 24.3 Å². The number of carbonyl (C=O) groups excluding carboxylic acids is 1. The third-order valence-corrected chi connectivity index (χ3v) is 5.85. The number of amides is 1. The Bertz CT molecular complexity index is 848. The van der Waals surface area contributed by atoms with Gasteiger partial charge in [0.1, 0.15) is 5.82 Å². The summed E-state index contributed by atoms with van der Waals surface area (Å²) in [6.45, 7) is 5.48. The number of halogens is 1. The number of rotatable bonds is 2. The van der Waals surface area contributed by atoms with E-state index in [1.54, 1.807) is 6.07 Å². The molecule has 2 bridgehead atoms. The fourth-order valence-electron chi connectivity index (χ4n) is 4.09. The highest BCUT2D eigenvalue weighted by molar-refractivity contribution is 5.95. The Morgan fingerprint density at radius 2 is 1.73 bits per heavy atom. The third-order valence-electron chi connectivity index (χ3n) is 5.85. The second-order valence-corrected chi connectivity index (χ2v) is 7.67. The number of fused-ring (bicyclic) bond motifs is 2. The fourth-order valence-corrected chi connectivity index (χ4v) is 4.09. The Labute approximate surface area is 154 Å². The van der Waals surface area contributed by atoms with Gasteiger partial charge in [-0.15, -0.1) is 0 Å². The topological polar surface area (TPSA) is 32.3 Å². The molecule has 1 amide bonds. The summed E-state index contributed by atoms with van der Waals surface area (Å²) in [5, 5.41) is 3.56. The summed E-state index contributed by atoms with van der Waals surface area (Å²) in [5.41, 5.74) is 4.34. The van der Waals surface area contributed by atoms with Gasteiger partial charge in [0, 0.05) is 25.2 Å². The highest BCUT2D eigenvalue weighted by atomic mass is 19.1. The molecule has 0 radical (unpaired) electrons. The van der Waals surface area contributed by atoms with Crippen molar-refractivity contribution in [1.29, 1.82) is 0 Å². The van der Waals surface area contributed by atoms with Gasteiger partial charge in [-0.05, 0) is 67.5 Å². The Hall–Kier alpha value is -2.20. The number of hydrogen-bond donors (Lipinski definition) is 1. The minimum atomic E-state index is -0.437. The third kappa shape index (κ3) is 3.26. The number of carbonyl (C=O) groups is 1. The van der Waals surface area contributed by atoms with E-state index in [1.807, 2.05) is 30.0 Å². The average molecular weight is 352 g/mol. The lowest BCUT2D eigenvalue weighted by Crippen LogP contribution is -2.39. The van der Waals surface area contributed by atoms with E-state index in [2.05, 4.69) is 18.3 Å². The van der Waals surface area contributed by atoms with Gasteiger partial charge >= 0.3 is 0 Å². The van der Waals surface area contributed by atoms with Crippen molar-refractivity contribution in [2.45, 2.75) is 45.2 Å². The molecule has 2 aliphatic heterocycles. The lowest BCUT2D eigenvalue weighted by Gasteiger charge is -2.24. The minimum absolute atomic E-state index is 0.176. The van der Waals surface area contributed by atoms with Crippen LogP contribution in [0.15, 0.2) is 36.4 Å². The van der Waals surface area contributed by atoms with E-state index in [0.717, 1.165) is 24.0 Å². The number of nitrogens with zero attached hydrogens (tertiary/aromatic N) is 1. The molecule has 26 heavy (non-hydrogen) atoms. The number of benzene rings is 2. The number of likely N-dealkylation sites (tertiary alicyclic amines) is 1. The zero-order chi connectivity index (χ0) is 18.3. The lowest BCUT2D eigenvalue weighted by molar-refractivity contribution is 0.0743. The second kappa shape index (κ2) is 6.84. The molecule has 1 N–H and O–H groups in total. The van der Waals surface area contributed by atoms with Crippen LogP contribution in [-0.2, 0) is 0 Å². The molecule has 2 aliphatic rings. The molecular weight excluding hydrogens is 327 g/mol. The normalized spacial score (nSPS) is 22.3. The van der Waals surface area contributed by atoms with Gasteiger partial charge in [0.25, 0.3) is 5.91 Å². The number of hydrogen-bond acceptors (Lipinski definition) is 2. The molecule has 0 saturated carbocycles. The molecular formula is C22H25FN2O. The van der Waals surface area contributed by atoms with Crippen molar-refractivity contribution < 1.29 is 9.18 Å². The Balaban J connectivity index is 1.57. The van der Waals surface area contributed by atoms with Gasteiger partial charge in [-0.2, -0.15) is 0 Å². The summed E-state index contributed by atoms with van der Waals surface area (Å²) < 4.78 is 14.7. The van der Waals surface area contributed by atoms with Crippen molar-refractivity contribution in [3.05, 3.63) is 58.9 Å². The SMILES string of the molecule is Cc1ccc(-c2ccc(C(=O)N3CCC4CCC(C3)N4)c(F)c2)cc1C. The number of nitrogens with one attached hydrogen (secondary N) is 1. The van der Waals surface area contributed by atoms with Crippen LogP contribution in [0, 0.1) is 19.7 Å². The van der Waals surface area contributed by atoms with Crippen LogP contribution < -0.4 is 5.32 Å². The molecule has 0 aromatic heterocycles. The summed E-state index contributed by atoms with van der Waals surface area (Å²) in [7, 11) is 0. The van der Waals surface area contributed by atoms with Gasteiger partial charge in [-0.3, -0.25) is 4.79 Å². The van der Waals surface area contributed by atoms with E-state index in [1.165, 1.54) is 23.6 Å². The maximum atomic E-state index is 14.7. The fraction of sp³-hybridized carbons (Fsp3) is 0.409. The van der Waals surface area contributed by atoms with Crippen molar-refractivity contribution in [2.75, 3.05) is 13.1 Å². The van der Waals surface area contributed by atoms with Crippen LogP contribution in [0.5, 0.6) is 0 Å². The maximum Gasteiger partial charge on any atom is 0.256 e. The van der Waals surface area contributed by atoms with E-state index >= 15 is 0 Å². The standard InChI is InChI=1S/C22H25FN2O/c1-14-3-4-16(11-15(14)2)17-5-8-20(21(23)12-17)22(26)25-10-9-18-6-7-19(13-25)24-18/h3-5,8,11-12,18-19,24H,6-7,9-10,13H2,1-2H3. The summed E-state index contributed by atoms with van der Waals surface area (Å²) in [6, 6.07) is 11.9. The van der Waals surface area contributed by atoms with Crippen LogP contribution in [0.25, 0.3) is 11.1 Å². The second-order valence-electron chi connectivity index (χ2n) is 7.67. The monoisotopic (exact) mass is 352 g/mol. The summed E-state index contributed by atoms with van der Waals surface area (Å²) >= 11 is 0. The molecule has 4 heteroatoms. The lowest BCUT2D eigenvalue weighted by atomic mass is 9.99. The van der Waals surface area contributed by atoms with Crippen LogP contribution in [0.2, 0.25) is 0 Å². The highest BCUT2D eigenvalue weighted by Gasteiger charge is 2.32. The molecule has 0 spiro atoms. The van der Waals surface area contributed by atoms with Crippen molar-refractivity contribution in [3.63, 3.8) is 0 Å². The van der Waals surface area contributed by atoms with Gasteiger partial charge < -0.3 is 10.2 Å². The van der Waals surface area contributed by atoms with Crippen LogP contribution in [0.4, 0.5) is 4.39 Å². The molecule has 2 saturated heterocycles. The Kier molecular flexibility index (Phi) is 4.53. The van der Waals surface area contributed by atoms with E-state index < -0.39 is 5.82 Å². The zero-order valence-corrected chi connectivity index (χ0v) is 15.4. The first-order chi connectivity index (χ1) is 12.5. The molecule has 4 rings (SSSR count). The maximum absolute atomic E-state index is 14.7. The molecule has 136 valence electrons. The van der Waals surface area contributed by atoms with E-state index in [-0.39, 0.29) is 11.5 Å². The summed E-state index contributed by atoms with van der Waals surface area (Å²) in [4.78, 5) is 14.7. The largest absolute Gasteiger partial charge is 0.337 e. The molecule has 3 nitrogen and oxygen atoms in total. The van der Waals surface area contributed by atoms with E-state index in [0.29, 0.717) is 25.2 Å². The zero-order valence-electron chi connectivity index (χ0n) is 15.4. The summed E-state index contributed by atoms with van der Waals surface area (Å²) in [5.74, 6) is -0.628. The van der Waals surface area contributed by atoms with Crippen LogP contribution in [0.1, 0.15) is 40.7 Å². The van der Waals surface area contributed by atoms with Crippen molar-refractivity contribution >= 4 is 5.91 Å². The van der Waals surface area contributed by atoms with Crippen LogP contribution >= 0.6 is 0 Å². The van der Waals surface area contributed by atoms with Crippen molar-refractivity contribution in [3.8, 4) is 11.1 Å². The van der Waals surface area contributed by atoms with Gasteiger partial charge in [0.15, 0.2) is 0 Å². The van der Waals surface area contributed by atoms with Crippen molar-refractivity contribution in [2.24, 2.45) is 0 Å². The predicted molar refractivity (Wildman–Crippen MR) is 102 cm³/mol. The first kappa shape index (κ1) is 17.2. The quantitative estimate of drug-likeness (QED) is 0.883. The predicted octanol–water partition coefficient (Wildman–Crippen LogP) is 4.08. The molecule has 2 atom stereocenters. The smallest absolute Gasteiger partial charge is 0.256 e. The number of aryl methyl sites for hydroxylation is 2. The highest BCUT2D eigenvalue weighted by Crippen LogP contribution is 2.26. The van der Waals surface area contributed by atoms with Crippen molar-refractivity contribution in [1.82, 2.24) is 10.2 Å². The van der Waals surface area contributed by atoms with E-state index in [4.69, 9.17) is 0 Å². The first-order valence-electron chi connectivity index (χ1n) is 9.44. The molecule has 0 aliphatic carbocycles. The van der Waals surface area contributed by atoms with E-state index in [9.17, 15) is 9.18 Å². The Morgan fingerprint density at radius 3 is 2.50 bits per heavy atom. The van der Waals surface area contributed by atoms with Gasteiger partial charge in [-0.25, -0.2) is 4.39 Å². The minimum Gasteiger partial charge on any atom is -0.337 e. The Morgan fingerprint density at radius 1 is 1.00 bits per heavy atom. The van der Waals surface area contributed by atoms with Crippen LogP contribution in [-0.4, -0.2) is 36.0 Å². The van der Waals surface area contributed by atoms with Gasteiger partial charge in [0.05, 0.1) is 5.56 Å². The molecule has 2 aromatic rings. The molecule has 2 unspecified atom stereocenters. The van der Waals surface area contributed by atoms with Crippen LogP contribution in [0.3, 0.4) is 0 Å². The average Bonchev–Trinajstić information content (AvgIpc) is 2.95. The molecule has 2 aromatic carbocycles. The summed E-state index contributed by atoms with van der Waals surface area (Å²) in [6.07, 6.45) is 3.24. The molecule has 2 fully saturated rings. The molecule has 2 heterocycles.